The van der Waals surface area contributed by atoms with Gasteiger partial charge in [-0.25, -0.2) is 4.79 Å². The van der Waals surface area contributed by atoms with Gasteiger partial charge in [-0.2, -0.15) is 0 Å². The number of carbonyl (C=O) groups is 4. The molecule has 2 amide bonds. The summed E-state index contributed by atoms with van der Waals surface area (Å²) in [4.78, 5) is 53.1. The minimum absolute atomic E-state index is 0.0131. The van der Waals surface area contributed by atoms with Crippen molar-refractivity contribution in [1.82, 2.24) is 5.06 Å². The molecule has 1 saturated heterocycles. The standard InChI is InChI=1S/C18H28BrNO5/c1-7-16(3,4)10-17(5,12(2)21)11-18(6,19)15(24)25-20-13(22)8-9-14(20)23/h7-11H2,1-6H3. The Balaban J connectivity index is 2.94. The van der Waals surface area contributed by atoms with E-state index in [2.05, 4.69) is 36.7 Å². The third kappa shape index (κ3) is 5.36. The molecule has 0 spiro atoms. The molecule has 0 N–H and O–H groups in total. The SMILES string of the molecule is CCC(C)(C)CC(C)(CC(C)(Br)C(=O)ON1C(=O)CCC1=O)C(C)=O. The number of amides is 2. The first kappa shape index (κ1) is 21.8. The topological polar surface area (TPSA) is 80.8 Å². The lowest BCUT2D eigenvalue weighted by Gasteiger charge is -2.39. The highest BCUT2D eigenvalue weighted by Gasteiger charge is 2.46. The van der Waals surface area contributed by atoms with Crippen LogP contribution in [0, 0.1) is 10.8 Å². The van der Waals surface area contributed by atoms with Crippen molar-refractivity contribution in [2.45, 2.75) is 78.0 Å². The van der Waals surface area contributed by atoms with E-state index in [-0.39, 0.29) is 30.5 Å². The molecule has 1 aliphatic rings. The van der Waals surface area contributed by atoms with Crippen molar-refractivity contribution in [3.8, 4) is 0 Å². The molecule has 1 fully saturated rings. The van der Waals surface area contributed by atoms with E-state index < -0.39 is 27.5 Å². The summed E-state index contributed by atoms with van der Waals surface area (Å²) in [7, 11) is 0. The third-order valence-corrected chi connectivity index (χ3v) is 5.61. The van der Waals surface area contributed by atoms with Gasteiger partial charge in [0.05, 0.1) is 0 Å². The van der Waals surface area contributed by atoms with Gasteiger partial charge >= 0.3 is 5.97 Å². The number of rotatable bonds is 8. The van der Waals surface area contributed by atoms with Crippen molar-refractivity contribution < 1.29 is 24.0 Å². The van der Waals surface area contributed by atoms with Gasteiger partial charge in [0.2, 0.25) is 0 Å². The smallest absolute Gasteiger partial charge is 0.329 e. The van der Waals surface area contributed by atoms with Gasteiger partial charge in [-0.3, -0.25) is 14.4 Å². The summed E-state index contributed by atoms with van der Waals surface area (Å²) < 4.78 is -1.19. The van der Waals surface area contributed by atoms with Gasteiger partial charge in [-0.05, 0) is 32.1 Å². The van der Waals surface area contributed by atoms with Crippen LogP contribution in [0.1, 0.15) is 73.6 Å². The summed E-state index contributed by atoms with van der Waals surface area (Å²) in [6.07, 6.45) is 1.80. The Morgan fingerprint density at radius 1 is 1.08 bits per heavy atom. The minimum Gasteiger partial charge on any atom is -0.329 e. The maximum Gasteiger partial charge on any atom is 0.349 e. The van der Waals surface area contributed by atoms with Gasteiger partial charge in [0.25, 0.3) is 11.8 Å². The maximum absolute atomic E-state index is 12.5. The van der Waals surface area contributed by atoms with Crippen LogP contribution in [0.2, 0.25) is 0 Å². The Labute approximate surface area is 157 Å². The highest BCUT2D eigenvalue weighted by Crippen LogP contribution is 2.44. The van der Waals surface area contributed by atoms with Crippen molar-refractivity contribution >= 4 is 39.5 Å². The zero-order valence-electron chi connectivity index (χ0n) is 15.9. The fourth-order valence-electron chi connectivity index (χ4n) is 3.13. The summed E-state index contributed by atoms with van der Waals surface area (Å²) >= 11 is 3.35. The first-order valence-corrected chi connectivity index (χ1v) is 9.31. The minimum atomic E-state index is -1.19. The van der Waals surface area contributed by atoms with E-state index in [1.54, 1.807) is 6.92 Å². The van der Waals surface area contributed by atoms with Crippen molar-refractivity contribution in [2.24, 2.45) is 10.8 Å². The predicted octanol–water partition coefficient (Wildman–Crippen LogP) is 3.56. The average molecular weight is 418 g/mol. The second-order valence-corrected chi connectivity index (χ2v) is 9.90. The van der Waals surface area contributed by atoms with Gasteiger partial charge in [0, 0.05) is 18.3 Å². The van der Waals surface area contributed by atoms with Crippen LogP contribution in [0.15, 0.2) is 0 Å². The number of hydrogen-bond donors (Lipinski definition) is 0. The van der Waals surface area contributed by atoms with Crippen LogP contribution in [-0.4, -0.2) is 33.0 Å². The van der Waals surface area contributed by atoms with Gasteiger partial charge in [0.1, 0.15) is 10.1 Å². The molecule has 7 heteroatoms. The number of nitrogens with zero attached hydrogens (tertiary/aromatic N) is 1. The molecule has 0 aromatic heterocycles. The molecular formula is C18H28BrNO5. The van der Waals surface area contributed by atoms with E-state index in [1.165, 1.54) is 6.92 Å². The molecule has 2 atom stereocenters. The third-order valence-electron chi connectivity index (χ3n) is 5.00. The Bertz CT molecular complexity index is 568. The summed E-state index contributed by atoms with van der Waals surface area (Å²) in [5.74, 6) is -1.81. The second-order valence-electron chi connectivity index (χ2n) is 8.15. The van der Waals surface area contributed by atoms with Crippen LogP contribution in [0.5, 0.6) is 0 Å². The van der Waals surface area contributed by atoms with Gasteiger partial charge in [-0.1, -0.05) is 50.0 Å². The molecule has 0 aromatic rings. The first-order chi connectivity index (χ1) is 11.2. The lowest BCUT2D eigenvalue weighted by atomic mass is 9.67. The maximum atomic E-state index is 12.5. The van der Waals surface area contributed by atoms with Crippen LogP contribution in [0.4, 0.5) is 0 Å². The average Bonchev–Trinajstić information content (AvgIpc) is 2.77. The van der Waals surface area contributed by atoms with Crippen molar-refractivity contribution in [3.05, 3.63) is 0 Å². The van der Waals surface area contributed by atoms with Crippen LogP contribution >= 0.6 is 15.9 Å². The Hall–Kier alpha value is -1.24. The lowest BCUT2D eigenvalue weighted by Crippen LogP contribution is -2.44. The predicted molar refractivity (Wildman–Crippen MR) is 96.6 cm³/mol. The number of hydrogen-bond acceptors (Lipinski definition) is 5. The van der Waals surface area contributed by atoms with Crippen molar-refractivity contribution in [2.75, 3.05) is 0 Å². The van der Waals surface area contributed by atoms with E-state index in [9.17, 15) is 19.2 Å². The van der Waals surface area contributed by atoms with Crippen LogP contribution in [0.3, 0.4) is 0 Å². The zero-order chi connectivity index (χ0) is 19.6. The molecule has 142 valence electrons. The van der Waals surface area contributed by atoms with Crippen LogP contribution in [-0.2, 0) is 24.0 Å². The summed E-state index contributed by atoms with van der Waals surface area (Å²) in [6.45, 7) is 11.2. The Morgan fingerprint density at radius 3 is 1.96 bits per heavy atom. The molecule has 1 heterocycles. The second kappa shape index (κ2) is 7.56. The fraction of sp³-hybridized carbons (Fsp3) is 0.778. The number of Topliss-reactive ketones (excluding diaryl/α,β-unsaturated/α-hetero) is 1. The molecule has 25 heavy (non-hydrogen) atoms. The van der Waals surface area contributed by atoms with E-state index in [0.717, 1.165) is 6.42 Å². The first-order valence-electron chi connectivity index (χ1n) is 8.52. The monoisotopic (exact) mass is 417 g/mol. The lowest BCUT2D eigenvalue weighted by molar-refractivity contribution is -0.199. The van der Waals surface area contributed by atoms with E-state index in [0.29, 0.717) is 11.5 Å². The number of carbonyl (C=O) groups excluding carboxylic acids is 4. The molecule has 0 aliphatic carbocycles. The molecule has 0 aromatic carbocycles. The number of ketones is 1. The molecule has 6 nitrogen and oxygen atoms in total. The Kier molecular flexibility index (Phi) is 6.59. The highest BCUT2D eigenvalue weighted by atomic mass is 79.9. The fourth-order valence-corrected chi connectivity index (χ4v) is 3.82. The molecule has 0 bridgehead atoms. The van der Waals surface area contributed by atoms with Gasteiger partial charge < -0.3 is 4.84 Å². The summed E-state index contributed by atoms with van der Waals surface area (Å²) in [5.41, 5.74) is -0.801. The van der Waals surface area contributed by atoms with Crippen LogP contribution in [0.25, 0.3) is 0 Å². The molecular weight excluding hydrogens is 390 g/mol. The van der Waals surface area contributed by atoms with Gasteiger partial charge in [-0.15, -0.1) is 5.06 Å². The summed E-state index contributed by atoms with van der Waals surface area (Å²) in [5, 5.41) is 0.531. The highest BCUT2D eigenvalue weighted by molar-refractivity contribution is 9.10. The van der Waals surface area contributed by atoms with E-state index in [1.807, 2.05) is 6.92 Å². The normalized spacial score (nSPS) is 20.2. The number of alkyl halides is 1. The molecule has 1 aliphatic heterocycles. The quantitative estimate of drug-likeness (QED) is 0.445. The molecule has 2 unspecified atom stereocenters. The van der Waals surface area contributed by atoms with Gasteiger partial charge in [0.15, 0.2) is 0 Å². The number of halogens is 1. The largest absolute Gasteiger partial charge is 0.349 e. The molecule has 0 saturated carbocycles. The van der Waals surface area contributed by atoms with E-state index in [4.69, 9.17) is 4.84 Å². The number of imide groups is 1. The number of hydroxylamine groups is 2. The summed E-state index contributed by atoms with van der Waals surface area (Å²) in [6, 6.07) is 0. The Morgan fingerprint density at radius 2 is 1.56 bits per heavy atom. The van der Waals surface area contributed by atoms with Crippen molar-refractivity contribution in [3.63, 3.8) is 0 Å². The zero-order valence-corrected chi connectivity index (χ0v) is 17.5. The molecule has 0 radical (unpaired) electrons. The molecule has 1 rings (SSSR count). The van der Waals surface area contributed by atoms with Crippen LogP contribution < -0.4 is 0 Å². The van der Waals surface area contributed by atoms with Crippen molar-refractivity contribution in [1.29, 1.82) is 0 Å². The van der Waals surface area contributed by atoms with E-state index >= 15 is 0 Å².